The number of benzene rings is 2. The summed E-state index contributed by atoms with van der Waals surface area (Å²) in [6, 6.07) is 13.3. The molecule has 0 aliphatic carbocycles. The molecule has 0 spiro atoms. The molecule has 2 heterocycles. The van der Waals surface area contributed by atoms with E-state index < -0.39 is 9.05 Å². The van der Waals surface area contributed by atoms with Gasteiger partial charge in [0.25, 0.3) is 0 Å². The minimum Gasteiger partial charge on any atom is -0.456 e. The molecule has 2 aromatic carbocycles. The fraction of sp³-hybridized carbons (Fsp3) is 0.235. The predicted molar refractivity (Wildman–Crippen MR) is 93.8 cm³/mol. The van der Waals surface area contributed by atoms with Gasteiger partial charge < -0.3 is 9.32 Å². The van der Waals surface area contributed by atoms with E-state index in [-0.39, 0.29) is 24.0 Å². The number of amides is 1. The number of halogens is 1. The zero-order chi connectivity index (χ0) is 16.9. The third-order valence-corrected chi connectivity index (χ3v) is 5.56. The van der Waals surface area contributed by atoms with Crippen molar-refractivity contribution in [2.45, 2.75) is 6.42 Å². The van der Waals surface area contributed by atoms with Crippen molar-refractivity contribution in [1.29, 1.82) is 0 Å². The smallest absolute Gasteiger partial charge is 0.232 e. The molecule has 0 saturated carbocycles. The second-order valence-electron chi connectivity index (χ2n) is 6.06. The molecule has 1 saturated heterocycles. The van der Waals surface area contributed by atoms with Gasteiger partial charge in [-0.1, -0.05) is 18.2 Å². The van der Waals surface area contributed by atoms with Crippen molar-refractivity contribution in [2.75, 3.05) is 17.2 Å². The normalized spacial score (nSPS) is 18.8. The maximum absolute atomic E-state index is 12.3. The monoisotopic (exact) mass is 363 g/mol. The molecule has 24 heavy (non-hydrogen) atoms. The van der Waals surface area contributed by atoms with Crippen LogP contribution in [0.2, 0.25) is 0 Å². The van der Waals surface area contributed by atoms with Gasteiger partial charge in [-0.25, -0.2) is 8.42 Å². The van der Waals surface area contributed by atoms with Crippen LogP contribution in [0.4, 0.5) is 5.69 Å². The molecule has 1 aliphatic heterocycles. The summed E-state index contributed by atoms with van der Waals surface area (Å²) in [5.74, 6) is -0.558. The Labute approximate surface area is 143 Å². The Kier molecular flexibility index (Phi) is 3.54. The Morgan fingerprint density at radius 2 is 1.88 bits per heavy atom. The van der Waals surface area contributed by atoms with Gasteiger partial charge in [-0.3, -0.25) is 4.79 Å². The van der Waals surface area contributed by atoms with Crippen molar-refractivity contribution in [2.24, 2.45) is 5.92 Å². The lowest BCUT2D eigenvalue weighted by Crippen LogP contribution is -2.25. The van der Waals surface area contributed by atoms with Gasteiger partial charge in [-0.05, 0) is 24.3 Å². The maximum atomic E-state index is 12.3. The Bertz CT molecular complexity index is 1060. The summed E-state index contributed by atoms with van der Waals surface area (Å²) in [7, 11) is 1.70. The summed E-state index contributed by atoms with van der Waals surface area (Å²) >= 11 is 0. The molecule has 1 aliphatic rings. The Balaban J connectivity index is 1.71. The van der Waals surface area contributed by atoms with Crippen molar-refractivity contribution in [3.63, 3.8) is 0 Å². The summed E-state index contributed by atoms with van der Waals surface area (Å²) in [5, 5.41) is 1.92. The Morgan fingerprint density at radius 3 is 2.67 bits per heavy atom. The first-order chi connectivity index (χ1) is 11.4. The van der Waals surface area contributed by atoms with Crippen LogP contribution in [0, 0.1) is 5.92 Å². The van der Waals surface area contributed by atoms with Crippen molar-refractivity contribution in [1.82, 2.24) is 0 Å². The second-order valence-corrected chi connectivity index (χ2v) is 8.88. The first kappa shape index (κ1) is 15.5. The average Bonchev–Trinajstić information content (AvgIpc) is 3.05. The van der Waals surface area contributed by atoms with E-state index in [2.05, 4.69) is 0 Å². The van der Waals surface area contributed by atoms with Crippen molar-refractivity contribution < 1.29 is 17.6 Å². The van der Waals surface area contributed by atoms with Crippen LogP contribution >= 0.6 is 10.7 Å². The average molecular weight is 364 g/mol. The number of furan rings is 1. The van der Waals surface area contributed by atoms with Gasteiger partial charge in [0.05, 0.1) is 5.75 Å². The molecule has 0 N–H and O–H groups in total. The van der Waals surface area contributed by atoms with E-state index in [9.17, 15) is 13.2 Å². The lowest BCUT2D eigenvalue weighted by molar-refractivity contribution is -0.117. The maximum Gasteiger partial charge on any atom is 0.232 e. The minimum atomic E-state index is -3.61. The summed E-state index contributed by atoms with van der Waals surface area (Å²) in [6.45, 7) is 0.353. The van der Waals surface area contributed by atoms with Gasteiger partial charge >= 0.3 is 0 Å². The Morgan fingerprint density at radius 1 is 1.12 bits per heavy atom. The van der Waals surface area contributed by atoms with Crippen LogP contribution in [0.3, 0.4) is 0 Å². The minimum absolute atomic E-state index is 0.0903. The van der Waals surface area contributed by atoms with Crippen LogP contribution in [0.15, 0.2) is 46.9 Å². The highest BCUT2D eigenvalue weighted by Gasteiger charge is 2.33. The molecule has 124 valence electrons. The molecule has 3 aromatic rings. The van der Waals surface area contributed by atoms with E-state index in [4.69, 9.17) is 15.1 Å². The van der Waals surface area contributed by atoms with Crippen LogP contribution in [0.25, 0.3) is 21.9 Å². The van der Waals surface area contributed by atoms with Gasteiger partial charge in [-0.2, -0.15) is 0 Å². The molecule has 5 nitrogen and oxygen atoms in total. The number of fused-ring (bicyclic) bond motifs is 3. The molecule has 1 aromatic heterocycles. The number of carbonyl (C=O) groups excluding carboxylic acids is 1. The quantitative estimate of drug-likeness (QED) is 0.668. The summed E-state index contributed by atoms with van der Waals surface area (Å²) < 4.78 is 28.3. The van der Waals surface area contributed by atoms with Crippen molar-refractivity contribution in [3.8, 4) is 0 Å². The molecule has 1 amide bonds. The predicted octanol–water partition coefficient (Wildman–Crippen LogP) is 3.51. The molecule has 1 atom stereocenters. The van der Waals surface area contributed by atoms with Gasteiger partial charge in [0.15, 0.2) is 0 Å². The first-order valence-corrected chi connectivity index (χ1v) is 10.0. The van der Waals surface area contributed by atoms with Crippen LogP contribution in [0.1, 0.15) is 6.42 Å². The zero-order valence-corrected chi connectivity index (χ0v) is 14.2. The van der Waals surface area contributed by atoms with Crippen LogP contribution in [0.5, 0.6) is 0 Å². The standard InChI is InChI=1S/C17H14ClNO4S/c18-24(21,22)10-11-7-17(20)19(9-11)12-5-6-16-14(8-12)13-3-1-2-4-15(13)23-16/h1-6,8,11H,7,9-10H2. The third kappa shape index (κ3) is 2.76. The number of rotatable bonds is 3. The van der Waals surface area contributed by atoms with Crippen LogP contribution < -0.4 is 4.90 Å². The van der Waals surface area contributed by atoms with Gasteiger partial charge in [0, 0.05) is 46.0 Å². The van der Waals surface area contributed by atoms with Crippen LogP contribution in [-0.4, -0.2) is 26.6 Å². The number of nitrogens with zero attached hydrogens (tertiary/aromatic N) is 1. The van der Waals surface area contributed by atoms with Gasteiger partial charge in [0.2, 0.25) is 15.0 Å². The molecule has 1 fully saturated rings. The number of anilines is 1. The number of hydrogen-bond donors (Lipinski definition) is 0. The van der Waals surface area contributed by atoms with E-state index in [1.807, 2.05) is 42.5 Å². The van der Waals surface area contributed by atoms with Gasteiger partial charge in [-0.15, -0.1) is 0 Å². The summed E-state index contributed by atoms with van der Waals surface area (Å²) in [4.78, 5) is 13.9. The fourth-order valence-electron chi connectivity index (χ4n) is 3.31. The zero-order valence-electron chi connectivity index (χ0n) is 12.6. The van der Waals surface area contributed by atoms with Gasteiger partial charge in [0.1, 0.15) is 11.2 Å². The highest BCUT2D eigenvalue weighted by molar-refractivity contribution is 8.13. The van der Waals surface area contributed by atoms with Crippen molar-refractivity contribution >= 4 is 53.3 Å². The molecule has 0 bridgehead atoms. The molecule has 0 radical (unpaired) electrons. The molecule has 1 unspecified atom stereocenters. The van der Waals surface area contributed by atoms with Crippen molar-refractivity contribution in [3.05, 3.63) is 42.5 Å². The lowest BCUT2D eigenvalue weighted by atomic mass is 10.1. The molecule has 7 heteroatoms. The number of para-hydroxylation sites is 1. The first-order valence-electron chi connectivity index (χ1n) is 7.55. The summed E-state index contributed by atoms with van der Waals surface area (Å²) in [5.41, 5.74) is 2.29. The van der Waals surface area contributed by atoms with E-state index in [0.29, 0.717) is 6.54 Å². The van der Waals surface area contributed by atoms with E-state index in [1.165, 1.54) is 0 Å². The third-order valence-electron chi connectivity index (χ3n) is 4.31. The molecular weight excluding hydrogens is 350 g/mol. The largest absolute Gasteiger partial charge is 0.456 e. The molecule has 4 rings (SSSR count). The summed E-state index contributed by atoms with van der Waals surface area (Å²) in [6.07, 6.45) is 0.191. The second kappa shape index (κ2) is 5.50. The van der Waals surface area contributed by atoms with E-state index in [0.717, 1.165) is 27.6 Å². The number of carbonyl (C=O) groups is 1. The Hall–Kier alpha value is -2.05. The highest BCUT2D eigenvalue weighted by Crippen LogP contribution is 2.34. The highest BCUT2D eigenvalue weighted by atomic mass is 35.7. The topological polar surface area (TPSA) is 67.6 Å². The fourth-order valence-corrected chi connectivity index (χ4v) is 4.63. The van der Waals surface area contributed by atoms with Crippen LogP contribution in [-0.2, 0) is 13.8 Å². The lowest BCUT2D eigenvalue weighted by Gasteiger charge is -2.16. The SMILES string of the molecule is O=C1CC(CS(=O)(=O)Cl)CN1c1ccc2oc3ccccc3c2c1. The molecular formula is C17H14ClNO4S. The van der Waals surface area contributed by atoms with E-state index in [1.54, 1.807) is 4.90 Å². The van der Waals surface area contributed by atoms with E-state index >= 15 is 0 Å². The number of hydrogen-bond acceptors (Lipinski definition) is 4.